The SMILES string of the molecule is CCCOCCN1CCC(Cl)C1. The maximum Gasteiger partial charge on any atom is 0.0593 e. The largest absolute Gasteiger partial charge is 0.380 e. The van der Waals surface area contributed by atoms with Crippen molar-refractivity contribution in [2.45, 2.75) is 25.1 Å². The van der Waals surface area contributed by atoms with Crippen molar-refractivity contribution in [3.05, 3.63) is 0 Å². The van der Waals surface area contributed by atoms with E-state index in [9.17, 15) is 0 Å². The third-order valence-corrected chi connectivity index (χ3v) is 2.47. The minimum absolute atomic E-state index is 0.371. The summed E-state index contributed by atoms with van der Waals surface area (Å²) in [5, 5.41) is 0.371. The number of ether oxygens (including phenoxy) is 1. The molecular weight excluding hydrogens is 174 g/mol. The van der Waals surface area contributed by atoms with Crippen molar-refractivity contribution in [3.8, 4) is 0 Å². The van der Waals surface area contributed by atoms with E-state index in [4.69, 9.17) is 16.3 Å². The van der Waals surface area contributed by atoms with E-state index in [1.807, 2.05) is 0 Å². The lowest BCUT2D eigenvalue weighted by Crippen LogP contribution is -2.25. The molecule has 0 aromatic heterocycles. The maximum atomic E-state index is 5.96. The highest BCUT2D eigenvalue weighted by Gasteiger charge is 2.19. The minimum Gasteiger partial charge on any atom is -0.380 e. The molecule has 12 heavy (non-hydrogen) atoms. The molecule has 0 spiro atoms. The summed E-state index contributed by atoms with van der Waals surface area (Å²) in [4.78, 5) is 2.37. The lowest BCUT2D eigenvalue weighted by atomic mass is 10.4. The Hall–Kier alpha value is 0.210. The van der Waals surface area contributed by atoms with E-state index < -0.39 is 0 Å². The average Bonchev–Trinajstić information content (AvgIpc) is 2.45. The quantitative estimate of drug-likeness (QED) is 0.485. The summed E-state index contributed by atoms with van der Waals surface area (Å²) >= 11 is 5.96. The Labute approximate surface area is 79.8 Å². The normalized spacial score (nSPS) is 25.0. The summed E-state index contributed by atoms with van der Waals surface area (Å²) in [6.07, 6.45) is 2.24. The van der Waals surface area contributed by atoms with Crippen LogP contribution in [-0.2, 0) is 4.74 Å². The number of likely N-dealkylation sites (tertiary alicyclic amines) is 1. The van der Waals surface area contributed by atoms with Crippen LogP contribution < -0.4 is 0 Å². The van der Waals surface area contributed by atoms with E-state index in [-0.39, 0.29) is 0 Å². The molecular formula is C9H18ClNO. The van der Waals surface area contributed by atoms with Gasteiger partial charge in [-0.05, 0) is 19.4 Å². The Bertz CT molecular complexity index is 121. The second-order valence-corrected chi connectivity index (χ2v) is 3.92. The van der Waals surface area contributed by atoms with E-state index >= 15 is 0 Å². The molecule has 1 heterocycles. The van der Waals surface area contributed by atoms with Crippen molar-refractivity contribution in [2.24, 2.45) is 0 Å². The van der Waals surface area contributed by atoms with Crippen molar-refractivity contribution in [3.63, 3.8) is 0 Å². The van der Waals surface area contributed by atoms with E-state index in [0.29, 0.717) is 5.38 Å². The van der Waals surface area contributed by atoms with Gasteiger partial charge in [0.2, 0.25) is 0 Å². The van der Waals surface area contributed by atoms with Crippen molar-refractivity contribution >= 4 is 11.6 Å². The molecule has 1 fully saturated rings. The minimum atomic E-state index is 0.371. The van der Waals surface area contributed by atoms with Crippen LogP contribution in [0, 0.1) is 0 Å². The Kier molecular flexibility index (Phi) is 4.96. The number of halogens is 1. The van der Waals surface area contributed by atoms with Crippen molar-refractivity contribution in [1.29, 1.82) is 0 Å². The van der Waals surface area contributed by atoms with Crippen LogP contribution in [0.25, 0.3) is 0 Å². The monoisotopic (exact) mass is 191 g/mol. The third-order valence-electron chi connectivity index (χ3n) is 2.12. The molecule has 1 rings (SSSR count). The van der Waals surface area contributed by atoms with Crippen molar-refractivity contribution < 1.29 is 4.74 Å². The highest BCUT2D eigenvalue weighted by Crippen LogP contribution is 2.13. The van der Waals surface area contributed by atoms with Gasteiger partial charge in [-0.2, -0.15) is 0 Å². The van der Waals surface area contributed by atoms with Crippen LogP contribution in [0.2, 0.25) is 0 Å². The molecule has 1 aliphatic heterocycles. The zero-order chi connectivity index (χ0) is 8.81. The topological polar surface area (TPSA) is 12.5 Å². The fourth-order valence-corrected chi connectivity index (χ4v) is 1.72. The smallest absolute Gasteiger partial charge is 0.0593 e. The van der Waals surface area contributed by atoms with Crippen LogP contribution in [0.3, 0.4) is 0 Å². The summed E-state index contributed by atoms with van der Waals surface area (Å²) in [5.74, 6) is 0. The van der Waals surface area contributed by atoms with Crippen molar-refractivity contribution in [2.75, 3.05) is 32.8 Å². The second kappa shape index (κ2) is 5.79. The molecule has 1 atom stereocenters. The van der Waals surface area contributed by atoms with Gasteiger partial charge in [-0.15, -0.1) is 11.6 Å². The van der Waals surface area contributed by atoms with Gasteiger partial charge >= 0.3 is 0 Å². The molecule has 0 aromatic rings. The predicted molar refractivity (Wildman–Crippen MR) is 51.8 cm³/mol. The van der Waals surface area contributed by atoms with Crippen LogP contribution in [0.5, 0.6) is 0 Å². The Morgan fingerprint density at radius 1 is 1.50 bits per heavy atom. The summed E-state index contributed by atoms with van der Waals surface area (Å²) < 4.78 is 5.40. The molecule has 0 saturated carbocycles. The molecule has 0 amide bonds. The van der Waals surface area contributed by atoms with Gasteiger partial charge in [0.25, 0.3) is 0 Å². The zero-order valence-electron chi connectivity index (χ0n) is 7.76. The summed E-state index contributed by atoms with van der Waals surface area (Å²) in [6, 6.07) is 0. The molecule has 0 bridgehead atoms. The lowest BCUT2D eigenvalue weighted by molar-refractivity contribution is 0.112. The van der Waals surface area contributed by atoms with Gasteiger partial charge in [0.15, 0.2) is 0 Å². The maximum absolute atomic E-state index is 5.96. The van der Waals surface area contributed by atoms with E-state index in [0.717, 1.165) is 45.7 Å². The van der Waals surface area contributed by atoms with Crippen LogP contribution in [0.15, 0.2) is 0 Å². The standard InChI is InChI=1S/C9H18ClNO/c1-2-6-12-7-5-11-4-3-9(10)8-11/h9H,2-8H2,1H3. The fourth-order valence-electron chi connectivity index (χ4n) is 1.43. The molecule has 2 nitrogen and oxygen atoms in total. The Morgan fingerprint density at radius 2 is 2.33 bits per heavy atom. The predicted octanol–water partition coefficient (Wildman–Crippen LogP) is 1.73. The van der Waals surface area contributed by atoms with E-state index in [2.05, 4.69) is 11.8 Å². The van der Waals surface area contributed by atoms with Gasteiger partial charge in [0.1, 0.15) is 0 Å². The first kappa shape index (κ1) is 10.3. The van der Waals surface area contributed by atoms with Gasteiger partial charge < -0.3 is 4.74 Å². The van der Waals surface area contributed by atoms with Gasteiger partial charge in [-0.1, -0.05) is 6.92 Å². The first-order chi connectivity index (χ1) is 5.83. The molecule has 1 aliphatic rings. The Balaban J connectivity index is 1.93. The van der Waals surface area contributed by atoms with Gasteiger partial charge in [-0.3, -0.25) is 4.90 Å². The second-order valence-electron chi connectivity index (χ2n) is 3.30. The molecule has 1 saturated heterocycles. The molecule has 0 aromatic carbocycles. The van der Waals surface area contributed by atoms with Gasteiger partial charge in [-0.25, -0.2) is 0 Å². The number of alkyl halides is 1. The lowest BCUT2D eigenvalue weighted by Gasteiger charge is -2.14. The molecule has 1 unspecified atom stereocenters. The number of hydrogen-bond acceptors (Lipinski definition) is 2. The third kappa shape index (κ3) is 3.74. The number of hydrogen-bond donors (Lipinski definition) is 0. The first-order valence-electron chi connectivity index (χ1n) is 4.77. The van der Waals surface area contributed by atoms with Crippen molar-refractivity contribution in [1.82, 2.24) is 4.90 Å². The van der Waals surface area contributed by atoms with E-state index in [1.165, 1.54) is 0 Å². The van der Waals surface area contributed by atoms with Crippen LogP contribution >= 0.6 is 11.6 Å². The van der Waals surface area contributed by atoms with Gasteiger partial charge in [0, 0.05) is 25.1 Å². The number of rotatable bonds is 5. The van der Waals surface area contributed by atoms with Crippen LogP contribution in [-0.4, -0.2) is 43.1 Å². The average molecular weight is 192 g/mol. The zero-order valence-corrected chi connectivity index (χ0v) is 8.52. The highest BCUT2D eigenvalue weighted by atomic mass is 35.5. The number of nitrogens with zero attached hydrogens (tertiary/aromatic N) is 1. The van der Waals surface area contributed by atoms with Crippen LogP contribution in [0.1, 0.15) is 19.8 Å². The molecule has 72 valence electrons. The molecule has 0 aliphatic carbocycles. The molecule has 0 N–H and O–H groups in total. The highest BCUT2D eigenvalue weighted by molar-refractivity contribution is 6.20. The molecule has 3 heteroatoms. The molecule has 0 radical (unpaired) electrons. The van der Waals surface area contributed by atoms with E-state index in [1.54, 1.807) is 0 Å². The van der Waals surface area contributed by atoms with Gasteiger partial charge in [0.05, 0.1) is 6.61 Å². The summed E-state index contributed by atoms with van der Waals surface area (Å²) in [7, 11) is 0. The summed E-state index contributed by atoms with van der Waals surface area (Å²) in [5.41, 5.74) is 0. The Morgan fingerprint density at radius 3 is 2.92 bits per heavy atom. The van der Waals surface area contributed by atoms with Crippen LogP contribution in [0.4, 0.5) is 0 Å². The summed E-state index contributed by atoms with van der Waals surface area (Å²) in [6.45, 7) is 7.10. The first-order valence-corrected chi connectivity index (χ1v) is 5.20. The fraction of sp³-hybridized carbons (Fsp3) is 1.00.